The molecular formula is C18H24ClF3N2O2. The van der Waals surface area contributed by atoms with Gasteiger partial charge in [0.1, 0.15) is 5.75 Å². The zero-order valence-electron chi connectivity index (χ0n) is 14.3. The number of hydrogen-bond donors (Lipinski definition) is 2. The number of alkyl halides is 3. The van der Waals surface area contributed by atoms with Crippen molar-refractivity contribution in [1.29, 1.82) is 0 Å². The molecule has 3 rings (SSSR count). The zero-order chi connectivity index (χ0) is 17.9. The van der Waals surface area contributed by atoms with Gasteiger partial charge in [-0.2, -0.15) is 0 Å². The van der Waals surface area contributed by atoms with Crippen LogP contribution in [0.5, 0.6) is 5.75 Å². The molecule has 2 fully saturated rings. The third kappa shape index (κ3) is 5.77. The van der Waals surface area contributed by atoms with E-state index >= 15 is 0 Å². The molecule has 0 radical (unpaired) electrons. The summed E-state index contributed by atoms with van der Waals surface area (Å²) in [6, 6.07) is 6.09. The van der Waals surface area contributed by atoms with Crippen molar-refractivity contribution in [2.45, 2.75) is 57.0 Å². The maximum absolute atomic E-state index is 12.3. The summed E-state index contributed by atoms with van der Waals surface area (Å²) in [5, 5.41) is 6.36. The monoisotopic (exact) mass is 392 g/mol. The molecule has 0 bridgehead atoms. The van der Waals surface area contributed by atoms with Crippen molar-refractivity contribution in [2.75, 3.05) is 6.54 Å². The van der Waals surface area contributed by atoms with Crippen molar-refractivity contribution in [2.24, 2.45) is 5.92 Å². The van der Waals surface area contributed by atoms with E-state index in [1.807, 2.05) is 0 Å². The number of carbonyl (C=O) groups is 1. The topological polar surface area (TPSA) is 50.4 Å². The molecule has 1 heterocycles. The number of rotatable bonds is 5. The van der Waals surface area contributed by atoms with Gasteiger partial charge < -0.3 is 15.4 Å². The summed E-state index contributed by atoms with van der Waals surface area (Å²) in [5.41, 5.74) is 0.850. The Bertz CT molecular complexity index is 581. The molecule has 2 N–H and O–H groups in total. The SMILES string of the molecule is Cl.O=C(NCCc1ccc(OC(F)(F)F)cc1)C1CC2CCCCC2N1. The quantitative estimate of drug-likeness (QED) is 0.805. The molecule has 8 heteroatoms. The molecule has 3 unspecified atom stereocenters. The van der Waals surface area contributed by atoms with Gasteiger partial charge in [-0.1, -0.05) is 25.0 Å². The second-order valence-corrected chi connectivity index (χ2v) is 6.84. The van der Waals surface area contributed by atoms with Crippen molar-refractivity contribution >= 4 is 18.3 Å². The fraction of sp³-hybridized carbons (Fsp3) is 0.611. The molecule has 146 valence electrons. The standard InChI is InChI=1S/C18H23F3N2O2.ClH/c19-18(20,21)25-14-7-5-12(6-8-14)9-10-22-17(24)16-11-13-3-1-2-4-15(13)23-16;/h5-8,13,15-16,23H,1-4,9-11H2,(H,22,24);1H. The van der Waals surface area contributed by atoms with Crippen molar-refractivity contribution in [3.8, 4) is 5.75 Å². The number of amides is 1. The number of carbonyl (C=O) groups excluding carboxylic acids is 1. The van der Waals surface area contributed by atoms with Crippen LogP contribution in [0.4, 0.5) is 13.2 Å². The zero-order valence-corrected chi connectivity index (χ0v) is 15.2. The highest BCUT2D eigenvalue weighted by Crippen LogP contribution is 2.33. The first-order chi connectivity index (χ1) is 11.9. The average molecular weight is 393 g/mol. The van der Waals surface area contributed by atoms with Crippen LogP contribution in [0.25, 0.3) is 0 Å². The van der Waals surface area contributed by atoms with Gasteiger partial charge in [0.15, 0.2) is 0 Å². The second-order valence-electron chi connectivity index (χ2n) is 6.84. The Balaban J connectivity index is 0.00000243. The van der Waals surface area contributed by atoms with Crippen molar-refractivity contribution < 1.29 is 22.7 Å². The number of fused-ring (bicyclic) bond motifs is 1. The lowest BCUT2D eigenvalue weighted by Gasteiger charge is -2.24. The van der Waals surface area contributed by atoms with Crippen molar-refractivity contribution in [3.63, 3.8) is 0 Å². The lowest BCUT2D eigenvalue weighted by Crippen LogP contribution is -2.43. The van der Waals surface area contributed by atoms with Crippen LogP contribution in [-0.4, -0.2) is 30.9 Å². The Morgan fingerprint density at radius 2 is 1.88 bits per heavy atom. The van der Waals surface area contributed by atoms with Crippen LogP contribution < -0.4 is 15.4 Å². The van der Waals surface area contributed by atoms with Gasteiger partial charge in [0.25, 0.3) is 0 Å². The normalized spacial score (nSPS) is 25.1. The van der Waals surface area contributed by atoms with E-state index in [9.17, 15) is 18.0 Å². The molecule has 1 aliphatic carbocycles. The Morgan fingerprint density at radius 1 is 1.19 bits per heavy atom. The van der Waals surface area contributed by atoms with E-state index in [0.29, 0.717) is 24.9 Å². The fourth-order valence-corrected chi connectivity index (χ4v) is 3.83. The van der Waals surface area contributed by atoms with Gasteiger partial charge in [-0.15, -0.1) is 25.6 Å². The molecule has 0 aromatic heterocycles. The summed E-state index contributed by atoms with van der Waals surface area (Å²) >= 11 is 0. The summed E-state index contributed by atoms with van der Waals surface area (Å²) in [5.74, 6) is 0.398. The summed E-state index contributed by atoms with van der Waals surface area (Å²) in [7, 11) is 0. The van der Waals surface area contributed by atoms with E-state index in [-0.39, 0.29) is 30.1 Å². The van der Waals surface area contributed by atoms with Crippen LogP contribution in [0.2, 0.25) is 0 Å². The molecule has 1 saturated heterocycles. The Hall–Kier alpha value is -1.47. The van der Waals surface area contributed by atoms with Gasteiger partial charge in [0, 0.05) is 12.6 Å². The molecular weight excluding hydrogens is 369 g/mol. The van der Waals surface area contributed by atoms with E-state index in [2.05, 4.69) is 15.4 Å². The minimum atomic E-state index is -4.68. The lowest BCUT2D eigenvalue weighted by atomic mass is 9.85. The van der Waals surface area contributed by atoms with Gasteiger partial charge in [-0.3, -0.25) is 4.79 Å². The Morgan fingerprint density at radius 3 is 2.54 bits per heavy atom. The third-order valence-electron chi connectivity index (χ3n) is 5.05. The van der Waals surface area contributed by atoms with Crippen LogP contribution in [0, 0.1) is 5.92 Å². The molecule has 26 heavy (non-hydrogen) atoms. The molecule has 0 spiro atoms. The highest BCUT2D eigenvalue weighted by atomic mass is 35.5. The average Bonchev–Trinajstić information content (AvgIpc) is 2.99. The Kier molecular flexibility index (Phi) is 7.17. The highest BCUT2D eigenvalue weighted by Gasteiger charge is 2.38. The minimum Gasteiger partial charge on any atom is -0.406 e. The van der Waals surface area contributed by atoms with E-state index < -0.39 is 6.36 Å². The first kappa shape index (κ1) is 20.8. The van der Waals surface area contributed by atoms with Gasteiger partial charge in [0.2, 0.25) is 5.91 Å². The predicted molar refractivity (Wildman–Crippen MR) is 94.4 cm³/mol. The number of nitrogens with one attached hydrogen (secondary N) is 2. The molecule has 4 nitrogen and oxygen atoms in total. The lowest BCUT2D eigenvalue weighted by molar-refractivity contribution is -0.274. The molecule has 1 aromatic carbocycles. The van der Waals surface area contributed by atoms with Gasteiger partial charge in [-0.05, 0) is 49.3 Å². The summed E-state index contributed by atoms with van der Waals surface area (Å²) in [6.45, 7) is 0.464. The molecule has 1 saturated carbocycles. The van der Waals surface area contributed by atoms with Crippen LogP contribution >= 0.6 is 12.4 Å². The molecule has 2 aliphatic rings. The molecule has 1 aliphatic heterocycles. The summed E-state index contributed by atoms with van der Waals surface area (Å²) < 4.78 is 40.2. The molecule has 3 atom stereocenters. The van der Waals surface area contributed by atoms with Crippen LogP contribution in [-0.2, 0) is 11.2 Å². The van der Waals surface area contributed by atoms with E-state index in [1.165, 1.54) is 31.4 Å². The minimum absolute atomic E-state index is 0. The van der Waals surface area contributed by atoms with E-state index in [1.54, 1.807) is 12.1 Å². The first-order valence-electron chi connectivity index (χ1n) is 8.79. The summed E-state index contributed by atoms with van der Waals surface area (Å²) in [4.78, 5) is 12.3. The van der Waals surface area contributed by atoms with E-state index in [4.69, 9.17) is 0 Å². The number of ether oxygens (including phenoxy) is 1. The van der Waals surface area contributed by atoms with Crippen LogP contribution in [0.1, 0.15) is 37.7 Å². The maximum atomic E-state index is 12.3. The van der Waals surface area contributed by atoms with Crippen LogP contribution in [0.3, 0.4) is 0 Å². The van der Waals surface area contributed by atoms with E-state index in [0.717, 1.165) is 18.4 Å². The fourth-order valence-electron chi connectivity index (χ4n) is 3.83. The maximum Gasteiger partial charge on any atom is 0.573 e. The second kappa shape index (κ2) is 8.95. The molecule has 1 amide bonds. The van der Waals surface area contributed by atoms with Crippen molar-refractivity contribution in [1.82, 2.24) is 10.6 Å². The van der Waals surface area contributed by atoms with Crippen LogP contribution in [0.15, 0.2) is 24.3 Å². The van der Waals surface area contributed by atoms with Crippen molar-refractivity contribution in [3.05, 3.63) is 29.8 Å². The van der Waals surface area contributed by atoms with Gasteiger partial charge >= 0.3 is 6.36 Å². The van der Waals surface area contributed by atoms with Gasteiger partial charge in [0.05, 0.1) is 6.04 Å². The smallest absolute Gasteiger partial charge is 0.406 e. The largest absolute Gasteiger partial charge is 0.573 e. The number of halogens is 4. The third-order valence-corrected chi connectivity index (χ3v) is 5.05. The summed E-state index contributed by atoms with van der Waals surface area (Å²) in [6.07, 6.45) is 1.63. The van der Waals surface area contributed by atoms with Gasteiger partial charge in [-0.25, -0.2) is 0 Å². The molecule has 1 aromatic rings. The highest BCUT2D eigenvalue weighted by molar-refractivity contribution is 5.85. The predicted octanol–water partition coefficient (Wildman–Crippen LogP) is 3.59. The number of hydrogen-bond acceptors (Lipinski definition) is 3. The number of benzene rings is 1. The Labute approximate surface area is 157 Å². The first-order valence-corrected chi connectivity index (χ1v) is 8.79.